The van der Waals surface area contributed by atoms with Gasteiger partial charge < -0.3 is 9.47 Å². The molecular formula is C27H26F6N3O2+. The fraction of sp³-hybridized carbons (Fsp3) is 0.296. The van der Waals surface area contributed by atoms with Crippen LogP contribution in [0.1, 0.15) is 36.1 Å². The number of hydrogen-bond acceptors (Lipinski definition) is 3. The Kier molecular flexibility index (Phi) is 7.48. The van der Waals surface area contributed by atoms with Gasteiger partial charge in [-0.25, -0.2) is 0 Å². The first-order valence-corrected chi connectivity index (χ1v) is 11.9. The third kappa shape index (κ3) is 5.23. The topological polar surface area (TPSA) is 53.3 Å². The van der Waals surface area contributed by atoms with E-state index in [1.807, 2.05) is 0 Å². The molecule has 0 unspecified atom stereocenters. The van der Waals surface area contributed by atoms with Crippen molar-refractivity contribution in [2.75, 3.05) is 5.73 Å². The fourth-order valence-corrected chi connectivity index (χ4v) is 4.36. The average Bonchev–Trinajstić information content (AvgIpc) is 3.14. The molecule has 1 aromatic heterocycles. The molecular weight excluding hydrogens is 512 g/mol. The van der Waals surface area contributed by atoms with Gasteiger partial charge in [-0.05, 0) is 48.2 Å². The molecule has 0 aliphatic carbocycles. The molecule has 4 rings (SSSR count). The zero-order valence-corrected chi connectivity index (χ0v) is 20.7. The highest BCUT2D eigenvalue weighted by atomic mass is 19.4. The van der Waals surface area contributed by atoms with Crippen molar-refractivity contribution in [2.24, 2.45) is 0 Å². The molecule has 11 heteroatoms. The van der Waals surface area contributed by atoms with Crippen LogP contribution in [0.4, 0.5) is 32.3 Å². The van der Waals surface area contributed by atoms with Gasteiger partial charge in [0, 0.05) is 0 Å². The summed E-state index contributed by atoms with van der Waals surface area (Å²) >= 11 is 0. The van der Waals surface area contributed by atoms with Gasteiger partial charge in [-0.3, -0.25) is 5.73 Å². The van der Waals surface area contributed by atoms with Crippen LogP contribution in [-0.4, -0.2) is 4.57 Å². The standard InChI is InChI=1S/C27H25F6N3O2/c1-3-17-9-7-11-19(26(28,29)30)23(17)37-15-35-21-13-5-6-14-22(21)36(25(35)34)16-38-24-18(4-2)10-8-12-20(24)27(31,32)33/h5-14,34H,3-4,15-16H2,1-2H3/p+1. The van der Waals surface area contributed by atoms with Crippen molar-refractivity contribution >= 4 is 17.0 Å². The summed E-state index contributed by atoms with van der Waals surface area (Å²) in [5.41, 5.74) is 6.32. The third-order valence-corrected chi connectivity index (χ3v) is 6.26. The maximum Gasteiger partial charge on any atom is 0.419 e. The minimum Gasteiger partial charge on any atom is -0.460 e. The summed E-state index contributed by atoms with van der Waals surface area (Å²) in [6, 6.07) is 14.4. The summed E-state index contributed by atoms with van der Waals surface area (Å²) in [4.78, 5) is 0. The van der Waals surface area contributed by atoms with Crippen LogP contribution in [0.3, 0.4) is 0 Å². The Bertz CT molecular complexity index is 1340. The van der Waals surface area contributed by atoms with Crippen LogP contribution in [0.15, 0.2) is 60.7 Å². The molecule has 0 saturated heterocycles. The van der Waals surface area contributed by atoms with Gasteiger partial charge in [-0.2, -0.15) is 35.5 Å². The summed E-state index contributed by atoms with van der Waals surface area (Å²) in [7, 11) is 0. The number of aryl methyl sites for hydroxylation is 2. The Morgan fingerprint density at radius 1 is 0.737 bits per heavy atom. The van der Waals surface area contributed by atoms with E-state index in [1.165, 1.54) is 21.3 Å². The molecule has 0 aliphatic heterocycles. The second kappa shape index (κ2) is 10.5. The fourth-order valence-electron chi connectivity index (χ4n) is 4.36. The van der Waals surface area contributed by atoms with Crippen LogP contribution >= 0.6 is 0 Å². The zero-order chi connectivity index (χ0) is 27.7. The molecule has 0 saturated carbocycles. The number of ether oxygens (including phenoxy) is 2. The van der Waals surface area contributed by atoms with Crippen molar-refractivity contribution in [3.63, 3.8) is 0 Å². The van der Waals surface area contributed by atoms with Gasteiger partial charge in [0.25, 0.3) is 0 Å². The molecule has 0 amide bonds. The van der Waals surface area contributed by atoms with Crippen LogP contribution < -0.4 is 19.8 Å². The Balaban J connectivity index is 1.71. The Morgan fingerprint density at radius 3 is 1.79 bits per heavy atom. The maximum absolute atomic E-state index is 13.7. The average molecular weight is 539 g/mol. The number of fused-ring (bicyclic) bond motifs is 1. The molecule has 0 spiro atoms. The largest absolute Gasteiger partial charge is 0.460 e. The lowest BCUT2D eigenvalue weighted by molar-refractivity contribution is -0.687. The van der Waals surface area contributed by atoms with Crippen molar-refractivity contribution in [2.45, 2.75) is 52.5 Å². The Morgan fingerprint density at radius 2 is 1.26 bits per heavy atom. The summed E-state index contributed by atoms with van der Waals surface area (Å²) in [5.74, 6) is -0.556. The molecule has 0 radical (unpaired) electrons. The lowest BCUT2D eigenvalue weighted by Crippen LogP contribution is -2.39. The molecule has 0 atom stereocenters. The number of imidazole rings is 1. The van der Waals surface area contributed by atoms with Crippen molar-refractivity contribution in [1.29, 1.82) is 0 Å². The third-order valence-electron chi connectivity index (χ3n) is 6.26. The molecule has 2 N–H and O–H groups in total. The lowest BCUT2D eigenvalue weighted by atomic mass is 10.1. The monoisotopic (exact) mass is 538 g/mol. The molecule has 0 aliphatic rings. The van der Waals surface area contributed by atoms with Crippen molar-refractivity contribution in [3.8, 4) is 11.5 Å². The summed E-state index contributed by atoms with van der Waals surface area (Å²) in [6.45, 7) is 2.71. The molecule has 38 heavy (non-hydrogen) atoms. The predicted octanol–water partition coefficient (Wildman–Crippen LogP) is 6.75. The summed E-state index contributed by atoms with van der Waals surface area (Å²) in [5, 5.41) is 0. The number of nitrogens with two attached hydrogens (primary N) is 1. The second-order valence-electron chi connectivity index (χ2n) is 8.54. The number of nitrogen functional groups attached to an aromatic ring is 1. The quantitative estimate of drug-likeness (QED) is 0.200. The first kappa shape index (κ1) is 27.2. The van der Waals surface area contributed by atoms with Crippen LogP contribution in [0.2, 0.25) is 0 Å². The van der Waals surface area contributed by atoms with E-state index in [0.717, 1.165) is 12.1 Å². The normalized spacial score (nSPS) is 12.2. The number of hydrogen-bond donors (Lipinski definition) is 1. The van der Waals surface area contributed by atoms with Crippen LogP contribution in [0, 0.1) is 0 Å². The van der Waals surface area contributed by atoms with Crippen LogP contribution in [-0.2, 0) is 38.7 Å². The number of alkyl halides is 6. The summed E-state index contributed by atoms with van der Waals surface area (Å²) < 4.78 is 96.2. The minimum atomic E-state index is -4.62. The number of rotatable bonds is 8. The van der Waals surface area contributed by atoms with Gasteiger partial charge in [0.1, 0.15) is 22.5 Å². The first-order valence-electron chi connectivity index (χ1n) is 11.9. The van der Waals surface area contributed by atoms with Gasteiger partial charge in [-0.15, -0.1) is 0 Å². The van der Waals surface area contributed by atoms with Crippen molar-refractivity contribution in [3.05, 3.63) is 82.9 Å². The van der Waals surface area contributed by atoms with Crippen molar-refractivity contribution < 1.29 is 40.4 Å². The van der Waals surface area contributed by atoms with E-state index in [-0.39, 0.29) is 30.9 Å². The minimum absolute atomic E-state index is 0.0382. The molecule has 3 aromatic carbocycles. The van der Waals surface area contributed by atoms with Gasteiger partial charge in [0.15, 0.2) is 0 Å². The van der Waals surface area contributed by atoms with E-state index in [2.05, 4.69) is 0 Å². The number of anilines is 1. The number of para-hydroxylation sites is 4. The first-order chi connectivity index (χ1) is 18.0. The second-order valence-corrected chi connectivity index (χ2v) is 8.54. The van der Waals surface area contributed by atoms with Gasteiger partial charge in [-0.1, -0.05) is 50.2 Å². The number of halogens is 6. The highest BCUT2D eigenvalue weighted by molar-refractivity contribution is 5.73. The smallest absolute Gasteiger partial charge is 0.419 e. The number of nitrogens with zero attached hydrogens (tertiary/aromatic N) is 2. The molecule has 5 nitrogen and oxygen atoms in total. The Labute approximate surface area is 215 Å². The highest BCUT2D eigenvalue weighted by Crippen LogP contribution is 2.40. The highest BCUT2D eigenvalue weighted by Gasteiger charge is 2.37. The van der Waals surface area contributed by atoms with E-state index in [1.54, 1.807) is 50.2 Å². The van der Waals surface area contributed by atoms with Gasteiger partial charge in [0.05, 0.1) is 11.1 Å². The van der Waals surface area contributed by atoms with Crippen LogP contribution in [0.25, 0.3) is 11.0 Å². The Hall–Kier alpha value is -3.89. The molecule has 202 valence electrons. The maximum atomic E-state index is 13.7. The van der Waals surface area contributed by atoms with E-state index in [0.29, 0.717) is 35.0 Å². The predicted molar refractivity (Wildman–Crippen MR) is 129 cm³/mol. The molecule has 0 fully saturated rings. The summed E-state index contributed by atoms with van der Waals surface area (Å²) in [6.07, 6.45) is -8.62. The van der Waals surface area contributed by atoms with Crippen LogP contribution in [0.5, 0.6) is 11.5 Å². The molecule has 0 bridgehead atoms. The van der Waals surface area contributed by atoms with E-state index < -0.39 is 23.5 Å². The SMILES string of the molecule is CCc1cccc(C(F)(F)F)c1OCn1c(N)[n+](COc2c(CC)cccc2C(F)(F)F)c2ccccc21. The van der Waals surface area contributed by atoms with E-state index in [4.69, 9.17) is 15.2 Å². The van der Waals surface area contributed by atoms with Gasteiger partial charge >= 0.3 is 18.3 Å². The zero-order valence-electron chi connectivity index (χ0n) is 20.7. The lowest BCUT2D eigenvalue weighted by Gasteiger charge is -2.17. The van der Waals surface area contributed by atoms with E-state index >= 15 is 0 Å². The number of aromatic nitrogens is 2. The number of benzene rings is 3. The van der Waals surface area contributed by atoms with Gasteiger partial charge in [0.2, 0.25) is 13.5 Å². The molecule has 1 heterocycles. The van der Waals surface area contributed by atoms with Crippen molar-refractivity contribution in [1.82, 2.24) is 4.57 Å². The van der Waals surface area contributed by atoms with E-state index in [9.17, 15) is 26.3 Å². The molecule has 4 aromatic rings.